The van der Waals surface area contributed by atoms with Crippen LogP contribution in [-0.2, 0) is 16.1 Å². The number of halogens is 1. The molecule has 0 saturated heterocycles. The predicted molar refractivity (Wildman–Crippen MR) is 158 cm³/mol. The predicted octanol–water partition coefficient (Wildman–Crippen LogP) is 4.17. The molecule has 40 heavy (non-hydrogen) atoms. The number of methoxy groups -OCH3 is 2. The van der Waals surface area contributed by atoms with Crippen LogP contribution in [0, 0.1) is 12.3 Å². The van der Waals surface area contributed by atoms with Gasteiger partial charge in [-0.15, -0.1) is 6.42 Å². The van der Waals surface area contributed by atoms with E-state index in [1.807, 2.05) is 41.1 Å². The number of esters is 1. The Morgan fingerprint density at radius 1 is 1.23 bits per heavy atom. The minimum Gasteiger partial charge on any atom is -0.493 e. The molecule has 10 heteroatoms. The van der Waals surface area contributed by atoms with Gasteiger partial charge >= 0.3 is 5.97 Å². The van der Waals surface area contributed by atoms with Crippen LogP contribution in [-0.4, -0.2) is 35.9 Å². The SMILES string of the molecule is C#CCn1cc(/C=c2\sc3n(c2=O)[C@@H](c2cc(OC)c(OC)cc2Br)C(C(=O)OCC)=C(C)N=3)c2ccccc21. The molecular weight excluding hydrogens is 594 g/mol. The number of terminal acetylenes is 1. The molecule has 0 aliphatic carbocycles. The van der Waals surface area contributed by atoms with E-state index in [0.717, 1.165) is 16.5 Å². The van der Waals surface area contributed by atoms with Crippen molar-refractivity contribution < 1.29 is 19.0 Å². The summed E-state index contributed by atoms with van der Waals surface area (Å²) in [4.78, 5) is 32.5. The zero-order valence-electron chi connectivity index (χ0n) is 22.4. The Bertz CT molecular complexity index is 1910. The highest BCUT2D eigenvalue weighted by Gasteiger charge is 2.35. The van der Waals surface area contributed by atoms with Crippen LogP contribution >= 0.6 is 27.3 Å². The van der Waals surface area contributed by atoms with Gasteiger partial charge < -0.3 is 18.8 Å². The standard InChI is InChI=1S/C30H26BrN3O5S/c1-6-12-33-16-18(19-10-8-9-11-22(19)33)13-25-28(35)34-27(20-14-23(37-4)24(38-5)15-21(20)31)26(29(36)39-7-2)17(3)32-30(34)40-25/h1,8-11,13-16,27H,7,12H2,2-5H3/b25-13-/t27-/m0/s1. The summed E-state index contributed by atoms with van der Waals surface area (Å²) in [5.41, 5.74) is 2.95. The van der Waals surface area contributed by atoms with Crippen molar-refractivity contribution in [2.45, 2.75) is 26.4 Å². The van der Waals surface area contributed by atoms with Gasteiger partial charge in [0.05, 0.1) is 49.2 Å². The average Bonchev–Trinajstić information content (AvgIpc) is 3.44. The van der Waals surface area contributed by atoms with Crippen LogP contribution in [0.1, 0.15) is 31.0 Å². The highest BCUT2D eigenvalue weighted by molar-refractivity contribution is 9.10. The fourth-order valence-electron chi connectivity index (χ4n) is 4.93. The van der Waals surface area contributed by atoms with Crippen LogP contribution in [0.3, 0.4) is 0 Å². The lowest BCUT2D eigenvalue weighted by Crippen LogP contribution is -2.40. The molecule has 4 aromatic rings. The summed E-state index contributed by atoms with van der Waals surface area (Å²) in [5, 5.41) is 0.978. The number of benzene rings is 2. The van der Waals surface area contributed by atoms with Crippen molar-refractivity contribution in [3.05, 3.63) is 89.2 Å². The number of rotatable bonds is 7. The molecule has 0 saturated carbocycles. The van der Waals surface area contributed by atoms with Crippen molar-refractivity contribution in [1.29, 1.82) is 0 Å². The van der Waals surface area contributed by atoms with Crippen LogP contribution in [0.15, 0.2) is 68.1 Å². The lowest BCUT2D eigenvalue weighted by Gasteiger charge is -2.26. The molecule has 0 unspecified atom stereocenters. The Morgan fingerprint density at radius 2 is 1.95 bits per heavy atom. The van der Waals surface area contributed by atoms with E-state index in [9.17, 15) is 9.59 Å². The Kier molecular flexibility index (Phi) is 7.70. The molecule has 8 nitrogen and oxygen atoms in total. The van der Waals surface area contributed by atoms with E-state index in [1.54, 1.807) is 37.7 Å². The number of carbonyl (C=O) groups excluding carboxylic acids is 1. The van der Waals surface area contributed by atoms with Crippen molar-refractivity contribution in [2.24, 2.45) is 4.99 Å². The van der Waals surface area contributed by atoms with Gasteiger partial charge in [-0.1, -0.05) is 51.4 Å². The van der Waals surface area contributed by atoms with E-state index >= 15 is 0 Å². The topological polar surface area (TPSA) is 84.0 Å². The van der Waals surface area contributed by atoms with Crippen molar-refractivity contribution >= 4 is 50.2 Å². The molecule has 1 aliphatic heterocycles. The first-order valence-electron chi connectivity index (χ1n) is 12.4. The van der Waals surface area contributed by atoms with Crippen molar-refractivity contribution in [1.82, 2.24) is 9.13 Å². The number of allylic oxidation sites excluding steroid dienone is 1. The molecule has 2 aromatic carbocycles. The molecule has 204 valence electrons. The molecule has 3 heterocycles. The van der Waals surface area contributed by atoms with Crippen molar-refractivity contribution in [3.8, 4) is 23.8 Å². The van der Waals surface area contributed by atoms with E-state index in [4.69, 9.17) is 20.6 Å². The third-order valence-corrected chi connectivity index (χ3v) is 8.35. The first-order chi connectivity index (χ1) is 19.3. The number of nitrogens with zero attached hydrogens (tertiary/aromatic N) is 3. The second-order valence-electron chi connectivity index (χ2n) is 8.96. The summed E-state index contributed by atoms with van der Waals surface area (Å²) in [6.07, 6.45) is 9.38. The summed E-state index contributed by atoms with van der Waals surface area (Å²) in [6, 6.07) is 10.6. The van der Waals surface area contributed by atoms with E-state index in [0.29, 0.717) is 43.1 Å². The second-order valence-corrected chi connectivity index (χ2v) is 10.8. The highest BCUT2D eigenvalue weighted by atomic mass is 79.9. The normalized spacial score (nSPS) is 15.0. The van der Waals surface area contributed by atoms with E-state index < -0.39 is 12.0 Å². The van der Waals surface area contributed by atoms with Crippen LogP contribution in [0.4, 0.5) is 0 Å². The fourth-order valence-corrected chi connectivity index (χ4v) is 6.50. The molecule has 1 atom stereocenters. The number of fused-ring (bicyclic) bond motifs is 2. The highest BCUT2D eigenvalue weighted by Crippen LogP contribution is 2.40. The third-order valence-electron chi connectivity index (χ3n) is 6.68. The quantitative estimate of drug-likeness (QED) is 0.229. The number of hydrogen-bond acceptors (Lipinski definition) is 7. The average molecular weight is 621 g/mol. The van der Waals surface area contributed by atoms with E-state index in [-0.39, 0.29) is 17.7 Å². The maximum absolute atomic E-state index is 14.1. The smallest absolute Gasteiger partial charge is 0.338 e. The summed E-state index contributed by atoms with van der Waals surface area (Å²) < 4.78 is 21.0. The molecule has 5 rings (SSSR count). The molecule has 0 amide bonds. The molecule has 1 aliphatic rings. The van der Waals surface area contributed by atoms with Gasteiger partial charge in [0.2, 0.25) is 0 Å². The monoisotopic (exact) mass is 619 g/mol. The molecule has 0 radical (unpaired) electrons. The Balaban J connectivity index is 1.78. The molecule has 0 fully saturated rings. The number of hydrogen-bond donors (Lipinski definition) is 0. The first-order valence-corrected chi connectivity index (χ1v) is 14.1. The third kappa shape index (κ3) is 4.65. The fraction of sp³-hybridized carbons (Fsp3) is 0.233. The first kappa shape index (κ1) is 27.5. The summed E-state index contributed by atoms with van der Waals surface area (Å²) >= 11 is 4.89. The van der Waals surface area contributed by atoms with Gasteiger partial charge in [-0.25, -0.2) is 9.79 Å². The number of para-hydroxylation sites is 1. The second kappa shape index (κ2) is 11.2. The van der Waals surface area contributed by atoms with Crippen molar-refractivity contribution in [2.75, 3.05) is 20.8 Å². The van der Waals surface area contributed by atoms with Gasteiger partial charge in [-0.2, -0.15) is 0 Å². The van der Waals surface area contributed by atoms with E-state index in [2.05, 4.69) is 26.8 Å². The van der Waals surface area contributed by atoms with Crippen LogP contribution in [0.5, 0.6) is 11.5 Å². The maximum Gasteiger partial charge on any atom is 0.338 e. The van der Waals surface area contributed by atoms with Gasteiger partial charge in [0.25, 0.3) is 5.56 Å². The molecule has 0 bridgehead atoms. The summed E-state index contributed by atoms with van der Waals surface area (Å²) in [7, 11) is 3.08. The van der Waals surface area contributed by atoms with Gasteiger partial charge in [0.15, 0.2) is 16.3 Å². The van der Waals surface area contributed by atoms with E-state index in [1.165, 1.54) is 18.4 Å². The lowest BCUT2D eigenvalue weighted by atomic mass is 9.95. The van der Waals surface area contributed by atoms with Gasteiger partial charge in [0, 0.05) is 27.1 Å². The summed E-state index contributed by atoms with van der Waals surface area (Å²) in [6.45, 7) is 4.08. The number of carbonyl (C=O) groups is 1. The number of aromatic nitrogens is 2. The largest absolute Gasteiger partial charge is 0.493 e. The molecule has 0 spiro atoms. The Morgan fingerprint density at radius 3 is 2.65 bits per heavy atom. The van der Waals surface area contributed by atoms with Crippen LogP contribution in [0.2, 0.25) is 0 Å². The molecule has 0 N–H and O–H groups in total. The minimum absolute atomic E-state index is 0.182. The number of thiazole rings is 1. The van der Waals surface area contributed by atoms with Crippen molar-refractivity contribution in [3.63, 3.8) is 0 Å². The summed E-state index contributed by atoms with van der Waals surface area (Å²) in [5.74, 6) is 3.11. The lowest BCUT2D eigenvalue weighted by molar-refractivity contribution is -0.139. The van der Waals surface area contributed by atoms with Crippen LogP contribution < -0.4 is 24.4 Å². The Labute approximate surface area is 243 Å². The van der Waals surface area contributed by atoms with Gasteiger partial charge in [-0.3, -0.25) is 9.36 Å². The van der Waals surface area contributed by atoms with Crippen LogP contribution in [0.25, 0.3) is 17.0 Å². The molecule has 2 aromatic heterocycles. The van der Waals surface area contributed by atoms with Gasteiger partial charge in [0.1, 0.15) is 0 Å². The number of ether oxygens (including phenoxy) is 3. The Hall–Kier alpha value is -4.07. The maximum atomic E-state index is 14.1. The minimum atomic E-state index is -0.811. The van der Waals surface area contributed by atoms with Gasteiger partial charge in [-0.05, 0) is 43.7 Å². The zero-order valence-corrected chi connectivity index (χ0v) is 24.8. The molecular formula is C30H26BrN3O5S. The zero-order chi connectivity index (χ0) is 28.6.